The lowest BCUT2D eigenvalue weighted by atomic mass is 10.0. The molecular weight excluding hydrogens is 276 g/mol. The summed E-state index contributed by atoms with van der Waals surface area (Å²) in [6.07, 6.45) is 7.60. The molecule has 4 aromatic rings. The van der Waals surface area contributed by atoms with Gasteiger partial charge < -0.3 is 9.14 Å². The molecular formula is C17H14N4O. The van der Waals surface area contributed by atoms with Crippen molar-refractivity contribution in [2.24, 2.45) is 0 Å². The highest BCUT2D eigenvalue weighted by atomic mass is 16.5. The van der Waals surface area contributed by atoms with Crippen molar-refractivity contribution in [3.05, 3.63) is 61.2 Å². The quantitative estimate of drug-likeness (QED) is 0.629. The number of H-pyrrole nitrogens is 1. The number of nitrogens with one attached hydrogen (secondary N) is 1. The Bertz CT molecular complexity index is 938. The third-order valence-electron chi connectivity index (χ3n) is 3.72. The van der Waals surface area contributed by atoms with Crippen LogP contribution in [0.1, 0.15) is 0 Å². The second-order valence-electron chi connectivity index (χ2n) is 4.97. The molecule has 0 atom stereocenters. The van der Waals surface area contributed by atoms with Crippen LogP contribution in [0.25, 0.3) is 28.0 Å². The maximum atomic E-state index is 5.45. The van der Waals surface area contributed by atoms with Gasteiger partial charge in [-0.15, -0.1) is 0 Å². The number of benzene rings is 1. The van der Waals surface area contributed by atoms with Crippen molar-refractivity contribution in [1.82, 2.24) is 19.6 Å². The molecule has 0 saturated heterocycles. The highest BCUT2D eigenvalue weighted by Gasteiger charge is 2.14. The predicted octanol–water partition coefficient (Wildman–Crippen LogP) is 3.40. The first-order chi connectivity index (χ1) is 10.9. The van der Waals surface area contributed by atoms with Crippen LogP contribution >= 0.6 is 0 Å². The second-order valence-corrected chi connectivity index (χ2v) is 4.97. The van der Waals surface area contributed by atoms with E-state index in [1.54, 1.807) is 13.3 Å². The molecule has 0 aliphatic carbocycles. The van der Waals surface area contributed by atoms with Gasteiger partial charge in [-0.3, -0.25) is 5.10 Å². The van der Waals surface area contributed by atoms with E-state index in [1.165, 1.54) is 0 Å². The molecule has 0 unspecified atom stereocenters. The standard InChI is InChI=1S/C17H14N4O/c1-22-15-5-3-2-4-13(15)17-14(10-19-20-17)12-6-7-16-18-8-9-21(16)11-12/h2-11H,1H3,(H,19,20). The Morgan fingerprint density at radius 2 is 2.00 bits per heavy atom. The molecule has 0 spiro atoms. The summed E-state index contributed by atoms with van der Waals surface area (Å²) in [7, 11) is 1.67. The summed E-state index contributed by atoms with van der Waals surface area (Å²) in [4.78, 5) is 4.27. The van der Waals surface area contributed by atoms with E-state index in [0.29, 0.717) is 0 Å². The van der Waals surface area contributed by atoms with Crippen molar-refractivity contribution in [3.63, 3.8) is 0 Å². The summed E-state index contributed by atoms with van der Waals surface area (Å²) >= 11 is 0. The molecule has 3 aromatic heterocycles. The van der Waals surface area contributed by atoms with Crippen molar-refractivity contribution in [3.8, 4) is 28.1 Å². The van der Waals surface area contributed by atoms with Gasteiger partial charge in [0.05, 0.1) is 19.0 Å². The summed E-state index contributed by atoms with van der Waals surface area (Å²) in [5, 5.41) is 7.29. The lowest BCUT2D eigenvalue weighted by molar-refractivity contribution is 0.416. The van der Waals surface area contributed by atoms with E-state index < -0.39 is 0 Å². The minimum atomic E-state index is 0.816. The van der Waals surface area contributed by atoms with Crippen LogP contribution in [0.2, 0.25) is 0 Å². The van der Waals surface area contributed by atoms with E-state index in [1.807, 2.05) is 59.4 Å². The van der Waals surface area contributed by atoms with Gasteiger partial charge in [0.2, 0.25) is 0 Å². The van der Waals surface area contributed by atoms with Gasteiger partial charge in [-0.25, -0.2) is 4.98 Å². The summed E-state index contributed by atoms with van der Waals surface area (Å²) < 4.78 is 7.45. The molecule has 4 rings (SSSR count). The Morgan fingerprint density at radius 3 is 2.91 bits per heavy atom. The van der Waals surface area contributed by atoms with Gasteiger partial charge in [-0.2, -0.15) is 5.10 Å². The Balaban J connectivity index is 1.89. The molecule has 0 bridgehead atoms. The maximum absolute atomic E-state index is 5.45. The average molecular weight is 290 g/mol. The molecule has 1 N–H and O–H groups in total. The molecule has 108 valence electrons. The van der Waals surface area contributed by atoms with E-state index in [2.05, 4.69) is 15.2 Å². The van der Waals surface area contributed by atoms with E-state index in [-0.39, 0.29) is 0 Å². The Labute approximate surface area is 127 Å². The van der Waals surface area contributed by atoms with E-state index in [0.717, 1.165) is 33.8 Å². The Hall–Kier alpha value is -3.08. The zero-order valence-corrected chi connectivity index (χ0v) is 12.0. The van der Waals surface area contributed by atoms with Crippen LogP contribution in [0, 0.1) is 0 Å². The van der Waals surface area contributed by atoms with Crippen LogP contribution in [-0.4, -0.2) is 26.7 Å². The fraction of sp³-hybridized carbons (Fsp3) is 0.0588. The van der Waals surface area contributed by atoms with E-state index in [9.17, 15) is 0 Å². The first kappa shape index (κ1) is 12.6. The fourth-order valence-corrected chi connectivity index (χ4v) is 2.64. The SMILES string of the molecule is COc1ccccc1-c1[nH]ncc1-c1ccc2nccn2c1. The molecule has 5 nitrogen and oxygen atoms in total. The number of para-hydroxylation sites is 1. The number of aromatic nitrogens is 4. The highest BCUT2D eigenvalue weighted by molar-refractivity contribution is 5.83. The van der Waals surface area contributed by atoms with Crippen molar-refractivity contribution >= 4 is 5.65 Å². The van der Waals surface area contributed by atoms with E-state index in [4.69, 9.17) is 4.74 Å². The molecule has 0 fully saturated rings. The number of hydrogen-bond donors (Lipinski definition) is 1. The number of aromatic amines is 1. The molecule has 3 heterocycles. The summed E-state index contributed by atoms with van der Waals surface area (Å²) in [6.45, 7) is 0. The van der Waals surface area contributed by atoms with Crippen LogP contribution in [0.5, 0.6) is 5.75 Å². The van der Waals surface area contributed by atoms with Gasteiger partial charge >= 0.3 is 0 Å². The number of hydrogen-bond acceptors (Lipinski definition) is 3. The lowest BCUT2D eigenvalue weighted by Crippen LogP contribution is -1.90. The first-order valence-corrected chi connectivity index (χ1v) is 6.96. The molecule has 0 saturated carbocycles. The number of fused-ring (bicyclic) bond motifs is 1. The summed E-state index contributed by atoms with van der Waals surface area (Å²) in [6, 6.07) is 11.9. The zero-order valence-electron chi connectivity index (χ0n) is 12.0. The minimum Gasteiger partial charge on any atom is -0.496 e. The number of imidazole rings is 1. The molecule has 0 aliphatic rings. The van der Waals surface area contributed by atoms with Crippen LogP contribution in [0.15, 0.2) is 61.2 Å². The van der Waals surface area contributed by atoms with Gasteiger partial charge in [0.25, 0.3) is 0 Å². The topological polar surface area (TPSA) is 55.2 Å². The second kappa shape index (κ2) is 5.04. The normalized spacial score (nSPS) is 11.0. The molecule has 1 aromatic carbocycles. The van der Waals surface area contributed by atoms with Gasteiger partial charge in [0, 0.05) is 35.3 Å². The predicted molar refractivity (Wildman–Crippen MR) is 84.8 cm³/mol. The van der Waals surface area contributed by atoms with Crippen molar-refractivity contribution in [1.29, 1.82) is 0 Å². The molecule has 0 aliphatic heterocycles. The third kappa shape index (κ3) is 1.95. The van der Waals surface area contributed by atoms with Crippen LogP contribution in [0.4, 0.5) is 0 Å². The summed E-state index contributed by atoms with van der Waals surface area (Å²) in [5.41, 5.74) is 4.95. The average Bonchev–Trinajstić information content (AvgIpc) is 3.22. The van der Waals surface area contributed by atoms with Crippen LogP contribution in [-0.2, 0) is 0 Å². The highest BCUT2D eigenvalue weighted by Crippen LogP contribution is 2.35. The molecule has 0 amide bonds. The number of nitrogens with zero attached hydrogens (tertiary/aromatic N) is 3. The Kier molecular flexibility index (Phi) is 2.89. The molecule has 0 radical (unpaired) electrons. The van der Waals surface area contributed by atoms with E-state index >= 15 is 0 Å². The lowest BCUT2D eigenvalue weighted by Gasteiger charge is -2.09. The third-order valence-corrected chi connectivity index (χ3v) is 3.72. The number of pyridine rings is 1. The van der Waals surface area contributed by atoms with Crippen LogP contribution in [0.3, 0.4) is 0 Å². The van der Waals surface area contributed by atoms with Crippen molar-refractivity contribution in [2.75, 3.05) is 7.11 Å². The number of methoxy groups -OCH3 is 1. The maximum Gasteiger partial charge on any atom is 0.136 e. The van der Waals surface area contributed by atoms with Gasteiger partial charge in [0.1, 0.15) is 11.4 Å². The number of rotatable bonds is 3. The molecule has 5 heteroatoms. The summed E-state index contributed by atoms with van der Waals surface area (Å²) in [5.74, 6) is 0.816. The molecule has 22 heavy (non-hydrogen) atoms. The first-order valence-electron chi connectivity index (χ1n) is 6.96. The van der Waals surface area contributed by atoms with Gasteiger partial charge in [-0.1, -0.05) is 12.1 Å². The zero-order chi connectivity index (χ0) is 14.9. The van der Waals surface area contributed by atoms with Gasteiger partial charge in [-0.05, 0) is 24.3 Å². The monoisotopic (exact) mass is 290 g/mol. The van der Waals surface area contributed by atoms with Crippen molar-refractivity contribution < 1.29 is 4.74 Å². The van der Waals surface area contributed by atoms with Crippen molar-refractivity contribution in [2.45, 2.75) is 0 Å². The van der Waals surface area contributed by atoms with Gasteiger partial charge in [0.15, 0.2) is 0 Å². The van der Waals surface area contributed by atoms with Crippen LogP contribution < -0.4 is 4.74 Å². The minimum absolute atomic E-state index is 0.816. The smallest absolute Gasteiger partial charge is 0.136 e. The Morgan fingerprint density at radius 1 is 1.09 bits per heavy atom. The largest absolute Gasteiger partial charge is 0.496 e. The fourth-order valence-electron chi connectivity index (χ4n) is 2.64. The number of ether oxygens (including phenoxy) is 1.